The van der Waals surface area contributed by atoms with Crippen LogP contribution in [0.2, 0.25) is 0 Å². The van der Waals surface area contributed by atoms with Gasteiger partial charge >= 0.3 is 5.97 Å². The molecule has 2 rings (SSSR count). The first kappa shape index (κ1) is 14.4. The molecule has 2 heteroatoms. The summed E-state index contributed by atoms with van der Waals surface area (Å²) in [5.74, 6) is 1.24. The maximum atomic E-state index is 11.2. The zero-order valence-corrected chi connectivity index (χ0v) is 12.8. The van der Waals surface area contributed by atoms with E-state index in [1.54, 1.807) is 0 Å². The molecular formula is C17H26O2. The monoisotopic (exact) mass is 262 g/mol. The standard InChI is InChI=1S/C17H26O2/c1-11-6-8-14-15(17(14,4)5)10-12(2)16(9-7-11)19-13(3)18/h7,10,14-16H,6,8-9H2,1-5H3/b11-7-,12-10+/t14-,15+,16+/m1/s1. The van der Waals surface area contributed by atoms with E-state index in [4.69, 9.17) is 4.74 Å². The van der Waals surface area contributed by atoms with Crippen LogP contribution in [0, 0.1) is 17.3 Å². The summed E-state index contributed by atoms with van der Waals surface area (Å²) in [5.41, 5.74) is 3.04. The lowest BCUT2D eigenvalue weighted by Gasteiger charge is -2.18. The third-order valence-electron chi connectivity index (χ3n) is 4.93. The molecule has 106 valence electrons. The van der Waals surface area contributed by atoms with Gasteiger partial charge in [-0.15, -0.1) is 0 Å². The fraction of sp³-hybridized carbons (Fsp3) is 0.706. The molecular weight excluding hydrogens is 236 g/mol. The van der Waals surface area contributed by atoms with Crippen molar-refractivity contribution in [1.29, 1.82) is 0 Å². The van der Waals surface area contributed by atoms with Crippen molar-refractivity contribution < 1.29 is 9.53 Å². The van der Waals surface area contributed by atoms with E-state index >= 15 is 0 Å². The van der Waals surface area contributed by atoms with Crippen LogP contribution >= 0.6 is 0 Å². The van der Waals surface area contributed by atoms with E-state index < -0.39 is 0 Å². The largest absolute Gasteiger partial charge is 0.458 e. The first-order valence-electron chi connectivity index (χ1n) is 7.33. The summed E-state index contributed by atoms with van der Waals surface area (Å²) in [6, 6.07) is 0. The molecule has 0 aromatic carbocycles. The Morgan fingerprint density at radius 3 is 2.68 bits per heavy atom. The van der Waals surface area contributed by atoms with Gasteiger partial charge in [-0.2, -0.15) is 0 Å². The number of ether oxygens (including phenoxy) is 1. The average molecular weight is 262 g/mol. The molecule has 1 fully saturated rings. The molecule has 2 aliphatic carbocycles. The van der Waals surface area contributed by atoms with Gasteiger partial charge in [-0.25, -0.2) is 0 Å². The van der Waals surface area contributed by atoms with E-state index in [0.29, 0.717) is 11.3 Å². The topological polar surface area (TPSA) is 26.3 Å². The number of carbonyl (C=O) groups excluding carboxylic acids is 1. The summed E-state index contributed by atoms with van der Waals surface area (Å²) in [6.45, 7) is 10.5. The number of carbonyl (C=O) groups is 1. The summed E-state index contributed by atoms with van der Waals surface area (Å²) in [5, 5.41) is 0. The van der Waals surface area contributed by atoms with Gasteiger partial charge in [0.15, 0.2) is 0 Å². The molecule has 0 spiro atoms. The highest BCUT2D eigenvalue weighted by atomic mass is 16.5. The molecule has 0 heterocycles. The highest BCUT2D eigenvalue weighted by Gasteiger charge is 2.55. The first-order chi connectivity index (χ1) is 8.82. The molecule has 0 aromatic heterocycles. The van der Waals surface area contributed by atoms with Gasteiger partial charge in [0, 0.05) is 13.3 Å². The van der Waals surface area contributed by atoms with Gasteiger partial charge in [-0.3, -0.25) is 4.79 Å². The van der Waals surface area contributed by atoms with Crippen LogP contribution in [0.5, 0.6) is 0 Å². The van der Waals surface area contributed by atoms with Crippen LogP contribution in [0.4, 0.5) is 0 Å². The van der Waals surface area contributed by atoms with E-state index in [1.807, 2.05) is 0 Å². The molecule has 0 saturated heterocycles. The Hall–Kier alpha value is -1.05. The van der Waals surface area contributed by atoms with Gasteiger partial charge in [0.05, 0.1) is 0 Å². The van der Waals surface area contributed by atoms with Crippen LogP contribution < -0.4 is 0 Å². The predicted molar refractivity (Wildman–Crippen MR) is 77.7 cm³/mol. The molecule has 0 bridgehead atoms. The van der Waals surface area contributed by atoms with Gasteiger partial charge in [-0.05, 0) is 49.5 Å². The number of rotatable bonds is 1. The number of esters is 1. The van der Waals surface area contributed by atoms with E-state index in [0.717, 1.165) is 12.3 Å². The fourth-order valence-corrected chi connectivity index (χ4v) is 3.38. The van der Waals surface area contributed by atoms with Gasteiger partial charge < -0.3 is 4.74 Å². The minimum absolute atomic E-state index is 0.0809. The summed E-state index contributed by atoms with van der Waals surface area (Å²) in [7, 11) is 0. The smallest absolute Gasteiger partial charge is 0.303 e. The molecule has 0 aliphatic heterocycles. The zero-order valence-electron chi connectivity index (χ0n) is 12.8. The fourth-order valence-electron chi connectivity index (χ4n) is 3.38. The SMILES string of the molecule is CC(=O)O[C@H]1C/C=C(/C)CC[C@@H]2[C@H](/C=C/1C)C2(C)C. The minimum atomic E-state index is -0.188. The van der Waals surface area contributed by atoms with Crippen LogP contribution in [0.3, 0.4) is 0 Å². The highest BCUT2D eigenvalue weighted by Crippen LogP contribution is 2.61. The van der Waals surface area contributed by atoms with Crippen molar-refractivity contribution in [2.24, 2.45) is 17.3 Å². The molecule has 0 aromatic rings. The second kappa shape index (κ2) is 5.15. The maximum Gasteiger partial charge on any atom is 0.303 e. The van der Waals surface area contributed by atoms with Crippen molar-refractivity contribution in [2.75, 3.05) is 0 Å². The minimum Gasteiger partial charge on any atom is -0.458 e. The summed E-state index contributed by atoms with van der Waals surface area (Å²) in [4.78, 5) is 11.2. The van der Waals surface area contributed by atoms with Crippen LogP contribution in [0.15, 0.2) is 23.3 Å². The molecule has 0 amide bonds. The second-order valence-corrected chi connectivity index (χ2v) is 6.79. The average Bonchev–Trinajstić information content (AvgIpc) is 2.81. The van der Waals surface area contributed by atoms with Crippen molar-refractivity contribution in [1.82, 2.24) is 0 Å². The Morgan fingerprint density at radius 2 is 2.05 bits per heavy atom. The summed E-state index contributed by atoms with van der Waals surface area (Å²) in [6.07, 6.45) is 7.77. The lowest BCUT2D eigenvalue weighted by Crippen LogP contribution is -2.17. The molecule has 19 heavy (non-hydrogen) atoms. The second-order valence-electron chi connectivity index (χ2n) is 6.79. The zero-order chi connectivity index (χ0) is 14.2. The van der Waals surface area contributed by atoms with Crippen molar-refractivity contribution in [3.63, 3.8) is 0 Å². The molecule has 1 saturated carbocycles. The normalized spacial score (nSPS) is 39.1. The lowest BCUT2D eigenvalue weighted by atomic mass is 9.99. The van der Waals surface area contributed by atoms with Gasteiger partial charge in [0.1, 0.15) is 6.10 Å². The number of hydrogen-bond donors (Lipinski definition) is 0. The molecule has 2 aliphatic rings. The van der Waals surface area contributed by atoms with Crippen LogP contribution in [-0.2, 0) is 9.53 Å². The van der Waals surface area contributed by atoms with Gasteiger partial charge in [0.2, 0.25) is 0 Å². The quantitative estimate of drug-likeness (QED) is 0.521. The van der Waals surface area contributed by atoms with Gasteiger partial charge in [-0.1, -0.05) is 31.6 Å². The van der Waals surface area contributed by atoms with Crippen LogP contribution in [-0.4, -0.2) is 12.1 Å². The third-order valence-corrected chi connectivity index (χ3v) is 4.93. The van der Waals surface area contributed by atoms with Crippen molar-refractivity contribution in [2.45, 2.75) is 60.0 Å². The summed E-state index contributed by atoms with van der Waals surface area (Å²) < 4.78 is 5.47. The Kier molecular flexibility index (Phi) is 3.89. The van der Waals surface area contributed by atoms with Crippen molar-refractivity contribution in [3.8, 4) is 0 Å². The molecule has 3 atom stereocenters. The molecule has 0 radical (unpaired) electrons. The molecule has 0 unspecified atom stereocenters. The Labute approximate surface area is 116 Å². The highest BCUT2D eigenvalue weighted by molar-refractivity contribution is 5.66. The van der Waals surface area contributed by atoms with E-state index in [1.165, 1.54) is 30.9 Å². The number of fused-ring (bicyclic) bond motifs is 1. The van der Waals surface area contributed by atoms with E-state index in [2.05, 4.69) is 39.8 Å². The molecule has 2 nitrogen and oxygen atoms in total. The van der Waals surface area contributed by atoms with E-state index in [9.17, 15) is 4.79 Å². The summed E-state index contributed by atoms with van der Waals surface area (Å²) >= 11 is 0. The van der Waals surface area contributed by atoms with E-state index in [-0.39, 0.29) is 12.1 Å². The lowest BCUT2D eigenvalue weighted by molar-refractivity contribution is -0.144. The predicted octanol–water partition coefficient (Wildman–Crippen LogP) is 4.27. The molecule has 0 N–H and O–H groups in total. The third kappa shape index (κ3) is 3.10. The number of hydrogen-bond acceptors (Lipinski definition) is 2. The Morgan fingerprint density at radius 1 is 1.37 bits per heavy atom. The van der Waals surface area contributed by atoms with Crippen LogP contribution in [0.25, 0.3) is 0 Å². The van der Waals surface area contributed by atoms with Crippen LogP contribution in [0.1, 0.15) is 53.9 Å². The maximum absolute atomic E-state index is 11.2. The van der Waals surface area contributed by atoms with Crippen molar-refractivity contribution in [3.05, 3.63) is 23.3 Å². The Bertz CT molecular complexity index is 429. The Balaban J connectivity index is 2.22. The van der Waals surface area contributed by atoms with Crippen molar-refractivity contribution >= 4 is 5.97 Å². The van der Waals surface area contributed by atoms with Gasteiger partial charge in [0.25, 0.3) is 0 Å². The number of allylic oxidation sites excluding steroid dienone is 2. The first-order valence-corrected chi connectivity index (χ1v) is 7.33.